The Hall–Kier alpha value is -2.95. The fraction of sp³-hybridized carbons (Fsp3) is 0.0588. The molecule has 2 aromatic heterocycles. The number of pyridine rings is 1. The molecule has 0 radical (unpaired) electrons. The van der Waals surface area contributed by atoms with Crippen LogP contribution >= 0.6 is 0 Å². The number of aromatic nitrogens is 1. The summed E-state index contributed by atoms with van der Waals surface area (Å²) in [5, 5.41) is 8.75. The highest BCUT2D eigenvalue weighted by molar-refractivity contribution is 7.89. The van der Waals surface area contributed by atoms with Crippen LogP contribution in [0.2, 0.25) is 0 Å². The van der Waals surface area contributed by atoms with E-state index in [1.807, 2.05) is 6.07 Å². The number of nitrogens with zero attached hydrogens (tertiary/aromatic N) is 2. The number of nitrogens with one attached hydrogen (secondary N) is 1. The average molecular weight is 339 g/mol. The molecule has 0 aliphatic carbocycles. The lowest BCUT2D eigenvalue weighted by Crippen LogP contribution is -2.23. The molecule has 3 rings (SSSR count). The monoisotopic (exact) mass is 339 g/mol. The van der Waals surface area contributed by atoms with Crippen LogP contribution in [0.3, 0.4) is 0 Å². The quantitative estimate of drug-likeness (QED) is 0.771. The van der Waals surface area contributed by atoms with Crippen LogP contribution < -0.4 is 4.72 Å². The van der Waals surface area contributed by atoms with Gasteiger partial charge in [0.25, 0.3) is 0 Å². The Labute approximate surface area is 139 Å². The molecular weight excluding hydrogens is 326 g/mol. The van der Waals surface area contributed by atoms with Crippen LogP contribution in [0.15, 0.2) is 70.5 Å². The molecule has 0 atom stereocenters. The molecule has 0 saturated heterocycles. The van der Waals surface area contributed by atoms with Crippen molar-refractivity contribution in [3.8, 4) is 17.3 Å². The van der Waals surface area contributed by atoms with Gasteiger partial charge in [0, 0.05) is 18.3 Å². The number of sulfonamides is 1. The number of rotatable bonds is 5. The molecule has 120 valence electrons. The Morgan fingerprint density at radius 2 is 1.92 bits per heavy atom. The summed E-state index contributed by atoms with van der Waals surface area (Å²) in [7, 11) is -3.64. The van der Waals surface area contributed by atoms with Crippen molar-refractivity contribution in [3.05, 3.63) is 72.3 Å². The van der Waals surface area contributed by atoms with Crippen molar-refractivity contribution in [2.45, 2.75) is 11.4 Å². The normalized spacial score (nSPS) is 11.1. The zero-order valence-corrected chi connectivity index (χ0v) is 13.3. The second kappa shape index (κ2) is 6.66. The van der Waals surface area contributed by atoms with Gasteiger partial charge >= 0.3 is 0 Å². The third kappa shape index (κ3) is 3.51. The molecule has 0 saturated carbocycles. The van der Waals surface area contributed by atoms with Crippen molar-refractivity contribution in [2.75, 3.05) is 0 Å². The Morgan fingerprint density at radius 3 is 2.50 bits per heavy atom. The maximum absolute atomic E-state index is 12.2. The maximum Gasteiger partial charge on any atom is 0.240 e. The Bertz CT molecular complexity index is 955. The van der Waals surface area contributed by atoms with Crippen molar-refractivity contribution >= 4 is 10.0 Å². The van der Waals surface area contributed by atoms with Crippen LogP contribution in [0.1, 0.15) is 11.1 Å². The summed E-state index contributed by atoms with van der Waals surface area (Å²) < 4.78 is 32.0. The molecule has 0 amide bonds. The van der Waals surface area contributed by atoms with Gasteiger partial charge in [0.15, 0.2) is 0 Å². The summed E-state index contributed by atoms with van der Waals surface area (Å²) in [5.74, 6) is 0. The third-order valence-electron chi connectivity index (χ3n) is 3.40. The molecule has 0 aliphatic rings. The zero-order valence-electron chi connectivity index (χ0n) is 12.5. The molecule has 2 heterocycles. The lowest BCUT2D eigenvalue weighted by atomic mass is 10.2. The second-order valence-corrected chi connectivity index (χ2v) is 6.79. The van der Waals surface area contributed by atoms with Crippen LogP contribution in [-0.2, 0) is 16.6 Å². The molecule has 6 nitrogen and oxygen atoms in total. The predicted molar refractivity (Wildman–Crippen MR) is 87.1 cm³/mol. The second-order valence-electron chi connectivity index (χ2n) is 5.02. The van der Waals surface area contributed by atoms with Gasteiger partial charge in [-0.3, -0.25) is 4.98 Å². The van der Waals surface area contributed by atoms with E-state index in [-0.39, 0.29) is 11.4 Å². The van der Waals surface area contributed by atoms with Crippen LogP contribution in [0.4, 0.5) is 0 Å². The van der Waals surface area contributed by atoms with Crippen molar-refractivity contribution in [1.29, 1.82) is 5.26 Å². The summed E-state index contributed by atoms with van der Waals surface area (Å²) in [5.41, 5.74) is 2.76. The highest BCUT2D eigenvalue weighted by Gasteiger charge is 2.13. The highest BCUT2D eigenvalue weighted by atomic mass is 32.2. The summed E-state index contributed by atoms with van der Waals surface area (Å²) in [4.78, 5) is 4.40. The molecule has 24 heavy (non-hydrogen) atoms. The first-order chi connectivity index (χ1) is 11.6. The Balaban J connectivity index is 1.69. The highest BCUT2D eigenvalue weighted by Crippen LogP contribution is 2.17. The molecule has 0 aliphatic heterocycles. The minimum Gasteiger partial charge on any atom is -0.472 e. The molecule has 0 bridgehead atoms. The van der Waals surface area contributed by atoms with Gasteiger partial charge in [0.2, 0.25) is 10.0 Å². The fourth-order valence-electron chi connectivity index (χ4n) is 2.08. The van der Waals surface area contributed by atoms with Crippen LogP contribution in [0, 0.1) is 11.3 Å². The largest absolute Gasteiger partial charge is 0.472 e. The number of furan rings is 1. The molecule has 0 unspecified atom stereocenters. The first-order valence-electron chi connectivity index (χ1n) is 7.06. The van der Waals surface area contributed by atoms with E-state index >= 15 is 0 Å². The first-order valence-corrected chi connectivity index (χ1v) is 8.54. The smallest absolute Gasteiger partial charge is 0.240 e. The van der Waals surface area contributed by atoms with Crippen molar-refractivity contribution in [1.82, 2.24) is 9.71 Å². The summed E-state index contributed by atoms with van der Waals surface area (Å²) in [6.07, 6.45) is 4.77. The van der Waals surface area contributed by atoms with E-state index in [1.165, 1.54) is 24.3 Å². The van der Waals surface area contributed by atoms with E-state index in [9.17, 15) is 8.42 Å². The standard InChI is InChI=1S/C17H13N3O3S/c18-9-13-1-4-16(5-2-13)24(21,22)20-11-14-3-6-17(19-10-14)15-7-8-23-12-15/h1-8,10,12,20H,11H2. The van der Waals surface area contributed by atoms with Crippen molar-refractivity contribution in [2.24, 2.45) is 0 Å². The molecule has 1 aromatic carbocycles. The van der Waals surface area contributed by atoms with Gasteiger partial charge in [-0.15, -0.1) is 0 Å². The van der Waals surface area contributed by atoms with E-state index in [0.717, 1.165) is 16.8 Å². The molecule has 1 N–H and O–H groups in total. The van der Waals surface area contributed by atoms with E-state index in [1.54, 1.807) is 36.9 Å². The van der Waals surface area contributed by atoms with E-state index in [0.29, 0.717) is 5.56 Å². The van der Waals surface area contributed by atoms with Crippen LogP contribution in [0.5, 0.6) is 0 Å². The fourth-order valence-corrected chi connectivity index (χ4v) is 3.10. The lowest BCUT2D eigenvalue weighted by Gasteiger charge is -2.07. The van der Waals surface area contributed by atoms with Gasteiger partial charge in [-0.25, -0.2) is 13.1 Å². The SMILES string of the molecule is N#Cc1ccc(S(=O)(=O)NCc2ccc(-c3ccoc3)nc2)cc1. The molecule has 3 aromatic rings. The summed E-state index contributed by atoms with van der Waals surface area (Å²) in [6.45, 7) is 0.126. The topological polar surface area (TPSA) is 96.0 Å². The molecular formula is C17H13N3O3S. The van der Waals surface area contributed by atoms with Crippen LogP contribution in [0.25, 0.3) is 11.3 Å². The van der Waals surface area contributed by atoms with Gasteiger partial charge < -0.3 is 4.42 Å². The average Bonchev–Trinajstić information content (AvgIpc) is 3.15. The van der Waals surface area contributed by atoms with Gasteiger partial charge in [-0.1, -0.05) is 6.07 Å². The minimum absolute atomic E-state index is 0.115. The lowest BCUT2D eigenvalue weighted by molar-refractivity contribution is 0.568. The van der Waals surface area contributed by atoms with Crippen LogP contribution in [-0.4, -0.2) is 13.4 Å². The Morgan fingerprint density at radius 1 is 1.12 bits per heavy atom. The third-order valence-corrected chi connectivity index (χ3v) is 4.82. The number of hydrogen-bond donors (Lipinski definition) is 1. The van der Waals surface area contributed by atoms with Crippen molar-refractivity contribution < 1.29 is 12.8 Å². The van der Waals surface area contributed by atoms with Gasteiger partial charge in [-0.05, 0) is 42.0 Å². The van der Waals surface area contributed by atoms with E-state index in [2.05, 4.69) is 9.71 Å². The van der Waals surface area contributed by atoms with E-state index in [4.69, 9.17) is 9.68 Å². The summed E-state index contributed by atoms with van der Waals surface area (Å²) >= 11 is 0. The number of nitriles is 1. The molecule has 7 heteroatoms. The van der Waals surface area contributed by atoms with E-state index < -0.39 is 10.0 Å². The zero-order chi connectivity index (χ0) is 17.0. The van der Waals surface area contributed by atoms with Gasteiger partial charge in [-0.2, -0.15) is 5.26 Å². The first kappa shape index (κ1) is 15.9. The number of hydrogen-bond acceptors (Lipinski definition) is 5. The van der Waals surface area contributed by atoms with Crippen molar-refractivity contribution in [3.63, 3.8) is 0 Å². The Kier molecular flexibility index (Phi) is 4.42. The van der Waals surface area contributed by atoms with Gasteiger partial charge in [0.1, 0.15) is 0 Å². The number of benzene rings is 1. The minimum atomic E-state index is -3.64. The maximum atomic E-state index is 12.2. The molecule has 0 spiro atoms. The predicted octanol–water partition coefficient (Wildman–Crippen LogP) is 2.69. The molecule has 0 fully saturated rings. The summed E-state index contributed by atoms with van der Waals surface area (Å²) in [6, 6.07) is 13.1. The van der Waals surface area contributed by atoms with Gasteiger partial charge in [0.05, 0.1) is 34.7 Å².